The molecule has 0 bridgehead atoms. The molecule has 1 saturated heterocycles. The fraction of sp³-hybridized carbons (Fsp3) is 0.478. The molecular formula is C23H32N2O. The Morgan fingerprint density at radius 3 is 1.77 bits per heavy atom. The molecule has 0 spiro atoms. The molecular weight excluding hydrogens is 320 g/mol. The lowest BCUT2D eigenvalue weighted by molar-refractivity contribution is 0.108. The van der Waals surface area contributed by atoms with Gasteiger partial charge in [0.15, 0.2) is 0 Å². The number of benzene rings is 2. The van der Waals surface area contributed by atoms with E-state index in [1.54, 1.807) is 0 Å². The topological polar surface area (TPSA) is 26.7 Å². The zero-order valence-electron chi connectivity index (χ0n) is 15.8. The van der Waals surface area contributed by atoms with Crippen molar-refractivity contribution in [3.8, 4) is 0 Å². The highest BCUT2D eigenvalue weighted by atomic mass is 16.2. The molecule has 1 N–H and O–H groups in total. The fourth-order valence-electron chi connectivity index (χ4n) is 3.93. The van der Waals surface area contributed by atoms with Crippen molar-refractivity contribution >= 4 is 0 Å². The molecule has 3 rings (SSSR count). The zero-order valence-corrected chi connectivity index (χ0v) is 15.8. The molecule has 0 aromatic heterocycles. The minimum atomic E-state index is 0.332. The van der Waals surface area contributed by atoms with Crippen LogP contribution in [0.5, 0.6) is 0 Å². The number of unbranched alkanes of at least 4 members (excludes halogenated alkanes) is 3. The Morgan fingerprint density at radius 1 is 0.692 bits per heavy atom. The molecule has 140 valence electrons. The fourth-order valence-corrected chi connectivity index (χ4v) is 3.93. The summed E-state index contributed by atoms with van der Waals surface area (Å²) >= 11 is 0. The van der Waals surface area contributed by atoms with Crippen LogP contribution in [0.4, 0.5) is 0 Å². The highest BCUT2D eigenvalue weighted by Gasteiger charge is 2.25. The van der Waals surface area contributed by atoms with Crippen LogP contribution >= 0.6 is 0 Å². The second-order valence-corrected chi connectivity index (χ2v) is 7.24. The summed E-state index contributed by atoms with van der Waals surface area (Å²) in [7, 11) is 0. The van der Waals surface area contributed by atoms with Gasteiger partial charge in [-0.3, -0.25) is 4.90 Å². The van der Waals surface area contributed by atoms with Crippen LogP contribution in [0, 0.1) is 0 Å². The van der Waals surface area contributed by atoms with Crippen LogP contribution in [0.3, 0.4) is 0 Å². The molecule has 0 saturated carbocycles. The molecule has 26 heavy (non-hydrogen) atoms. The van der Waals surface area contributed by atoms with E-state index in [0.717, 1.165) is 39.0 Å². The van der Waals surface area contributed by atoms with Crippen LogP contribution in [0.2, 0.25) is 0 Å². The molecule has 2 aromatic rings. The first-order valence-corrected chi connectivity index (χ1v) is 10.1. The van der Waals surface area contributed by atoms with E-state index in [0.29, 0.717) is 12.6 Å². The van der Waals surface area contributed by atoms with Gasteiger partial charge in [-0.1, -0.05) is 73.5 Å². The van der Waals surface area contributed by atoms with Crippen LogP contribution in [0.15, 0.2) is 60.7 Å². The first kappa shape index (κ1) is 19.1. The maximum absolute atomic E-state index is 8.87. The van der Waals surface area contributed by atoms with Gasteiger partial charge in [0, 0.05) is 32.8 Å². The standard InChI is InChI=1S/C23H32N2O/c26-20-10-2-1-9-15-24-16-18-25(19-17-24)23(21-11-5-3-6-12-21)22-13-7-4-8-14-22/h3-8,11-14,23,26H,1-2,9-10,15-20H2. The molecule has 0 unspecified atom stereocenters. The van der Waals surface area contributed by atoms with Crippen molar-refractivity contribution in [2.24, 2.45) is 0 Å². The largest absolute Gasteiger partial charge is 0.396 e. The van der Waals surface area contributed by atoms with Crippen molar-refractivity contribution in [2.75, 3.05) is 39.3 Å². The number of aliphatic hydroxyl groups excluding tert-OH is 1. The van der Waals surface area contributed by atoms with Crippen LogP contribution in [-0.2, 0) is 0 Å². The first-order valence-electron chi connectivity index (χ1n) is 10.1. The van der Waals surface area contributed by atoms with E-state index in [-0.39, 0.29) is 0 Å². The minimum absolute atomic E-state index is 0.332. The Bertz CT molecular complexity index is 569. The lowest BCUT2D eigenvalue weighted by atomic mass is 9.96. The average Bonchev–Trinajstić information content (AvgIpc) is 2.71. The van der Waals surface area contributed by atoms with Gasteiger partial charge < -0.3 is 10.0 Å². The van der Waals surface area contributed by atoms with Crippen LogP contribution in [0.25, 0.3) is 0 Å². The molecule has 0 aliphatic carbocycles. The van der Waals surface area contributed by atoms with Gasteiger partial charge in [0.05, 0.1) is 6.04 Å². The molecule has 1 aliphatic heterocycles. The summed E-state index contributed by atoms with van der Waals surface area (Å²) in [6.07, 6.45) is 4.59. The highest BCUT2D eigenvalue weighted by Crippen LogP contribution is 2.29. The van der Waals surface area contributed by atoms with E-state index in [1.807, 2.05) is 0 Å². The van der Waals surface area contributed by atoms with E-state index < -0.39 is 0 Å². The Labute approximate surface area is 158 Å². The molecule has 0 atom stereocenters. The Kier molecular flexibility index (Phi) is 7.68. The first-order chi connectivity index (χ1) is 12.9. The summed E-state index contributed by atoms with van der Waals surface area (Å²) in [5.41, 5.74) is 2.77. The van der Waals surface area contributed by atoms with E-state index in [9.17, 15) is 0 Å². The number of aliphatic hydroxyl groups is 1. The Morgan fingerprint density at radius 2 is 1.23 bits per heavy atom. The van der Waals surface area contributed by atoms with Crippen molar-refractivity contribution in [1.29, 1.82) is 0 Å². The third-order valence-electron chi connectivity index (χ3n) is 5.39. The van der Waals surface area contributed by atoms with Gasteiger partial charge in [-0.2, -0.15) is 0 Å². The molecule has 3 heteroatoms. The van der Waals surface area contributed by atoms with E-state index in [1.165, 1.54) is 30.5 Å². The molecule has 1 aliphatic rings. The Hall–Kier alpha value is -1.68. The van der Waals surface area contributed by atoms with E-state index in [4.69, 9.17) is 5.11 Å². The molecule has 0 radical (unpaired) electrons. The second kappa shape index (κ2) is 10.5. The average molecular weight is 353 g/mol. The number of nitrogens with zero attached hydrogens (tertiary/aromatic N) is 2. The lowest BCUT2D eigenvalue weighted by Gasteiger charge is -2.39. The van der Waals surface area contributed by atoms with Crippen molar-refractivity contribution in [2.45, 2.75) is 31.7 Å². The number of piperazine rings is 1. The molecule has 3 nitrogen and oxygen atoms in total. The molecule has 0 amide bonds. The second-order valence-electron chi connectivity index (χ2n) is 7.24. The summed E-state index contributed by atoms with van der Waals surface area (Å²) in [6, 6.07) is 22.2. The summed E-state index contributed by atoms with van der Waals surface area (Å²) in [6.45, 7) is 6.06. The number of hydrogen-bond acceptors (Lipinski definition) is 3. The van der Waals surface area contributed by atoms with Gasteiger partial charge in [0.1, 0.15) is 0 Å². The smallest absolute Gasteiger partial charge is 0.0602 e. The van der Waals surface area contributed by atoms with Crippen LogP contribution < -0.4 is 0 Å². The van der Waals surface area contributed by atoms with Gasteiger partial charge in [-0.15, -0.1) is 0 Å². The normalized spacial score (nSPS) is 16.2. The number of hydrogen-bond donors (Lipinski definition) is 1. The minimum Gasteiger partial charge on any atom is -0.396 e. The SMILES string of the molecule is OCCCCCCN1CCN(C(c2ccccc2)c2ccccc2)CC1. The van der Waals surface area contributed by atoms with Crippen molar-refractivity contribution in [3.63, 3.8) is 0 Å². The predicted octanol–water partition coefficient (Wildman–Crippen LogP) is 3.95. The Balaban J connectivity index is 1.58. The van der Waals surface area contributed by atoms with Gasteiger partial charge >= 0.3 is 0 Å². The van der Waals surface area contributed by atoms with Crippen LogP contribution in [-0.4, -0.2) is 54.2 Å². The number of rotatable bonds is 9. The maximum Gasteiger partial charge on any atom is 0.0602 e. The van der Waals surface area contributed by atoms with Gasteiger partial charge in [0.25, 0.3) is 0 Å². The summed E-state index contributed by atoms with van der Waals surface area (Å²) in [5, 5.41) is 8.87. The monoisotopic (exact) mass is 352 g/mol. The van der Waals surface area contributed by atoms with Crippen molar-refractivity contribution < 1.29 is 5.11 Å². The summed E-state index contributed by atoms with van der Waals surface area (Å²) in [5.74, 6) is 0. The zero-order chi connectivity index (χ0) is 18.0. The summed E-state index contributed by atoms with van der Waals surface area (Å²) < 4.78 is 0. The molecule has 2 aromatic carbocycles. The van der Waals surface area contributed by atoms with E-state index in [2.05, 4.69) is 70.5 Å². The van der Waals surface area contributed by atoms with Crippen LogP contribution in [0.1, 0.15) is 42.9 Å². The predicted molar refractivity (Wildman–Crippen MR) is 108 cm³/mol. The van der Waals surface area contributed by atoms with Gasteiger partial charge in [-0.25, -0.2) is 0 Å². The van der Waals surface area contributed by atoms with Gasteiger partial charge in [-0.05, 0) is 30.5 Å². The maximum atomic E-state index is 8.87. The lowest BCUT2D eigenvalue weighted by Crippen LogP contribution is -2.48. The summed E-state index contributed by atoms with van der Waals surface area (Å²) in [4.78, 5) is 5.23. The quantitative estimate of drug-likeness (QED) is 0.692. The highest BCUT2D eigenvalue weighted by molar-refractivity contribution is 5.31. The third-order valence-corrected chi connectivity index (χ3v) is 5.39. The van der Waals surface area contributed by atoms with Gasteiger partial charge in [0.2, 0.25) is 0 Å². The van der Waals surface area contributed by atoms with Crippen molar-refractivity contribution in [3.05, 3.63) is 71.8 Å². The van der Waals surface area contributed by atoms with Crippen molar-refractivity contribution in [1.82, 2.24) is 9.80 Å². The van der Waals surface area contributed by atoms with E-state index >= 15 is 0 Å². The molecule has 1 heterocycles. The molecule has 1 fully saturated rings. The third kappa shape index (κ3) is 5.41.